The summed E-state index contributed by atoms with van der Waals surface area (Å²) in [4.78, 5) is 11.3. The number of halogens is 2. The molecule has 0 saturated carbocycles. The molecule has 98 valence electrons. The van der Waals surface area contributed by atoms with Crippen molar-refractivity contribution >= 4 is 33.3 Å². The Morgan fingerprint density at radius 3 is 2.42 bits per heavy atom. The van der Waals surface area contributed by atoms with Crippen LogP contribution in [0.15, 0.2) is 40.9 Å². The third kappa shape index (κ3) is 3.37. The molecule has 0 N–H and O–H groups in total. The van der Waals surface area contributed by atoms with Gasteiger partial charge >= 0.3 is 0 Å². The summed E-state index contributed by atoms with van der Waals surface area (Å²) < 4.78 is 6.60. The number of Topliss-reactive ketones (excluding diaryl/α,β-unsaturated/α-hetero) is 1. The molecule has 2 nitrogen and oxygen atoms in total. The van der Waals surface area contributed by atoms with Crippen LogP contribution in [0.4, 0.5) is 0 Å². The molecule has 19 heavy (non-hydrogen) atoms. The SMILES string of the molecule is CC(=O)c1ccc(Oc2ccc(C)cc2Br)c(Cl)c1. The van der Waals surface area contributed by atoms with E-state index in [0.717, 1.165) is 10.0 Å². The zero-order valence-corrected chi connectivity index (χ0v) is 12.9. The first-order chi connectivity index (χ1) is 8.97. The Labute approximate surface area is 125 Å². The van der Waals surface area contributed by atoms with Crippen molar-refractivity contribution in [3.63, 3.8) is 0 Å². The highest BCUT2D eigenvalue weighted by molar-refractivity contribution is 9.10. The number of carbonyl (C=O) groups is 1. The first-order valence-electron chi connectivity index (χ1n) is 5.72. The normalized spacial score (nSPS) is 10.3. The van der Waals surface area contributed by atoms with Crippen LogP contribution in [0.5, 0.6) is 11.5 Å². The van der Waals surface area contributed by atoms with Gasteiger partial charge in [-0.25, -0.2) is 0 Å². The average Bonchev–Trinajstić information content (AvgIpc) is 2.34. The molecule has 0 saturated heterocycles. The van der Waals surface area contributed by atoms with Gasteiger partial charge in [-0.15, -0.1) is 0 Å². The zero-order valence-electron chi connectivity index (χ0n) is 10.5. The first-order valence-corrected chi connectivity index (χ1v) is 6.89. The number of benzene rings is 2. The number of hydrogen-bond donors (Lipinski definition) is 0. The molecular formula is C15H12BrClO2. The third-order valence-electron chi connectivity index (χ3n) is 2.65. The van der Waals surface area contributed by atoms with Gasteiger partial charge in [-0.1, -0.05) is 17.7 Å². The van der Waals surface area contributed by atoms with Crippen LogP contribution in [0.3, 0.4) is 0 Å². The molecule has 0 aliphatic carbocycles. The lowest BCUT2D eigenvalue weighted by Gasteiger charge is -2.10. The van der Waals surface area contributed by atoms with Crippen LogP contribution in [-0.2, 0) is 0 Å². The van der Waals surface area contributed by atoms with Crippen molar-refractivity contribution in [3.8, 4) is 11.5 Å². The van der Waals surface area contributed by atoms with Gasteiger partial charge in [0.25, 0.3) is 0 Å². The molecule has 0 heterocycles. The van der Waals surface area contributed by atoms with E-state index >= 15 is 0 Å². The van der Waals surface area contributed by atoms with E-state index in [9.17, 15) is 4.79 Å². The Hall–Kier alpha value is -1.32. The van der Waals surface area contributed by atoms with Crippen molar-refractivity contribution in [2.45, 2.75) is 13.8 Å². The Kier molecular flexibility index (Phi) is 4.27. The Bertz CT molecular complexity index is 638. The molecule has 2 aromatic rings. The fourth-order valence-corrected chi connectivity index (χ4v) is 2.40. The third-order valence-corrected chi connectivity index (χ3v) is 3.56. The van der Waals surface area contributed by atoms with Gasteiger partial charge in [-0.2, -0.15) is 0 Å². The monoisotopic (exact) mass is 338 g/mol. The van der Waals surface area contributed by atoms with Gasteiger partial charge in [-0.05, 0) is 65.7 Å². The number of ether oxygens (including phenoxy) is 1. The summed E-state index contributed by atoms with van der Waals surface area (Å²) in [6.07, 6.45) is 0. The summed E-state index contributed by atoms with van der Waals surface area (Å²) in [5.41, 5.74) is 1.71. The minimum Gasteiger partial charge on any atom is -0.455 e. The molecule has 0 unspecified atom stereocenters. The number of hydrogen-bond acceptors (Lipinski definition) is 2. The Morgan fingerprint density at radius 1 is 1.16 bits per heavy atom. The molecule has 0 atom stereocenters. The largest absolute Gasteiger partial charge is 0.455 e. The van der Waals surface area contributed by atoms with Crippen LogP contribution in [-0.4, -0.2) is 5.78 Å². The van der Waals surface area contributed by atoms with Crippen molar-refractivity contribution in [1.29, 1.82) is 0 Å². The lowest BCUT2D eigenvalue weighted by Crippen LogP contribution is -1.93. The summed E-state index contributed by atoms with van der Waals surface area (Å²) in [5.74, 6) is 1.18. The number of aryl methyl sites for hydroxylation is 1. The molecule has 4 heteroatoms. The molecule has 0 bridgehead atoms. The van der Waals surface area contributed by atoms with E-state index in [4.69, 9.17) is 16.3 Å². The van der Waals surface area contributed by atoms with E-state index in [1.165, 1.54) is 6.92 Å². The topological polar surface area (TPSA) is 26.3 Å². The van der Waals surface area contributed by atoms with Crippen molar-refractivity contribution in [2.75, 3.05) is 0 Å². The molecule has 2 rings (SSSR count). The average molecular weight is 340 g/mol. The van der Waals surface area contributed by atoms with Crippen molar-refractivity contribution in [1.82, 2.24) is 0 Å². The second kappa shape index (κ2) is 5.76. The molecule has 0 aliphatic heterocycles. The molecule has 0 spiro atoms. The second-order valence-corrected chi connectivity index (χ2v) is 5.50. The lowest BCUT2D eigenvalue weighted by atomic mass is 10.1. The summed E-state index contributed by atoms with van der Waals surface area (Å²) in [6.45, 7) is 3.51. The number of rotatable bonds is 3. The van der Waals surface area contributed by atoms with E-state index in [1.54, 1.807) is 18.2 Å². The van der Waals surface area contributed by atoms with Gasteiger partial charge in [0.05, 0.1) is 9.50 Å². The predicted molar refractivity (Wildman–Crippen MR) is 80.4 cm³/mol. The number of ketones is 1. The van der Waals surface area contributed by atoms with Gasteiger partial charge < -0.3 is 4.74 Å². The maximum absolute atomic E-state index is 11.3. The molecular weight excluding hydrogens is 328 g/mol. The highest BCUT2D eigenvalue weighted by Gasteiger charge is 2.09. The van der Waals surface area contributed by atoms with E-state index in [0.29, 0.717) is 22.1 Å². The van der Waals surface area contributed by atoms with E-state index in [-0.39, 0.29) is 5.78 Å². The molecule has 0 fully saturated rings. The fraction of sp³-hybridized carbons (Fsp3) is 0.133. The Morgan fingerprint density at radius 2 is 1.84 bits per heavy atom. The van der Waals surface area contributed by atoms with Crippen LogP contribution in [0, 0.1) is 6.92 Å². The Balaban J connectivity index is 2.31. The van der Waals surface area contributed by atoms with Crippen LogP contribution >= 0.6 is 27.5 Å². The van der Waals surface area contributed by atoms with Gasteiger partial charge in [-0.3, -0.25) is 4.79 Å². The summed E-state index contributed by atoms with van der Waals surface area (Å²) in [6, 6.07) is 10.8. The lowest BCUT2D eigenvalue weighted by molar-refractivity contribution is 0.101. The van der Waals surface area contributed by atoms with Gasteiger partial charge in [0, 0.05) is 5.56 Å². The highest BCUT2D eigenvalue weighted by Crippen LogP contribution is 2.34. The summed E-state index contributed by atoms with van der Waals surface area (Å²) >= 11 is 9.56. The standard InChI is InChI=1S/C15H12BrClO2/c1-9-3-5-14(12(16)7-9)19-15-6-4-11(10(2)18)8-13(15)17/h3-8H,1-2H3. The van der Waals surface area contributed by atoms with E-state index in [1.807, 2.05) is 25.1 Å². The molecule has 0 radical (unpaired) electrons. The van der Waals surface area contributed by atoms with Gasteiger partial charge in [0.2, 0.25) is 0 Å². The molecule has 0 aliphatic rings. The maximum Gasteiger partial charge on any atom is 0.159 e. The fourth-order valence-electron chi connectivity index (χ4n) is 1.61. The van der Waals surface area contributed by atoms with Gasteiger partial charge in [0.1, 0.15) is 11.5 Å². The van der Waals surface area contributed by atoms with Crippen LogP contribution < -0.4 is 4.74 Å². The molecule has 0 amide bonds. The van der Waals surface area contributed by atoms with Gasteiger partial charge in [0.15, 0.2) is 5.78 Å². The molecule has 0 aromatic heterocycles. The summed E-state index contributed by atoms with van der Waals surface area (Å²) in [7, 11) is 0. The number of carbonyl (C=O) groups excluding carboxylic acids is 1. The maximum atomic E-state index is 11.3. The predicted octanol–water partition coefficient (Wildman–Crippen LogP) is 5.41. The minimum absolute atomic E-state index is 0.0232. The quantitative estimate of drug-likeness (QED) is 0.699. The zero-order chi connectivity index (χ0) is 14.0. The van der Waals surface area contributed by atoms with Crippen molar-refractivity contribution in [2.24, 2.45) is 0 Å². The van der Waals surface area contributed by atoms with Crippen LogP contribution in [0.1, 0.15) is 22.8 Å². The van der Waals surface area contributed by atoms with Crippen LogP contribution in [0.2, 0.25) is 5.02 Å². The first kappa shape index (κ1) is 14.1. The smallest absolute Gasteiger partial charge is 0.159 e. The highest BCUT2D eigenvalue weighted by atomic mass is 79.9. The second-order valence-electron chi connectivity index (χ2n) is 4.24. The van der Waals surface area contributed by atoms with Crippen LogP contribution in [0.25, 0.3) is 0 Å². The van der Waals surface area contributed by atoms with E-state index in [2.05, 4.69) is 15.9 Å². The minimum atomic E-state index is -0.0232. The molecule has 2 aromatic carbocycles. The van der Waals surface area contributed by atoms with E-state index < -0.39 is 0 Å². The van der Waals surface area contributed by atoms with Crippen molar-refractivity contribution < 1.29 is 9.53 Å². The van der Waals surface area contributed by atoms with Crippen molar-refractivity contribution in [3.05, 3.63) is 57.0 Å². The summed E-state index contributed by atoms with van der Waals surface area (Å²) in [5, 5.41) is 0.417.